The summed E-state index contributed by atoms with van der Waals surface area (Å²) in [4.78, 5) is 29.8. The van der Waals surface area contributed by atoms with Crippen LogP contribution < -0.4 is 15.8 Å². The molecule has 8 nitrogen and oxygen atoms in total. The van der Waals surface area contributed by atoms with Crippen molar-refractivity contribution in [3.63, 3.8) is 0 Å². The number of aliphatic hydroxyl groups is 1. The Morgan fingerprint density at radius 3 is 2.79 bits per heavy atom. The van der Waals surface area contributed by atoms with E-state index in [0.29, 0.717) is 48.6 Å². The van der Waals surface area contributed by atoms with E-state index in [4.69, 9.17) is 0 Å². The van der Waals surface area contributed by atoms with Gasteiger partial charge in [0.05, 0.1) is 11.6 Å². The van der Waals surface area contributed by atoms with Crippen molar-refractivity contribution in [2.45, 2.75) is 18.9 Å². The molecule has 4 aromatic rings. The zero-order valence-corrected chi connectivity index (χ0v) is 15.1. The van der Waals surface area contributed by atoms with Crippen molar-refractivity contribution < 1.29 is 5.11 Å². The van der Waals surface area contributed by atoms with Gasteiger partial charge in [-0.05, 0) is 31.0 Å². The smallest absolute Gasteiger partial charge is 0.261 e. The van der Waals surface area contributed by atoms with E-state index in [0.717, 1.165) is 16.7 Å². The number of fused-ring (bicyclic) bond motifs is 2. The Hall–Kier alpha value is -3.39. The minimum atomic E-state index is -0.275. The molecule has 0 unspecified atom stereocenters. The first-order valence-electron chi connectivity index (χ1n) is 9.34. The number of rotatable bonds is 3. The molecule has 4 heterocycles. The van der Waals surface area contributed by atoms with Gasteiger partial charge >= 0.3 is 0 Å². The Morgan fingerprint density at radius 1 is 1.14 bits per heavy atom. The molecule has 1 aromatic carbocycles. The summed E-state index contributed by atoms with van der Waals surface area (Å²) in [6.07, 6.45) is 2.68. The molecule has 0 bridgehead atoms. The average Bonchev–Trinajstić information content (AvgIpc) is 3.10. The molecule has 28 heavy (non-hydrogen) atoms. The Bertz CT molecular complexity index is 1170. The SMILES string of the molecule is O=c1[nH]ccc2nc(N3CCC(O)CC3)nc(Nc3cc4ccccc4[nH]3)c12. The zero-order chi connectivity index (χ0) is 19.1. The van der Waals surface area contributed by atoms with Crippen LogP contribution in [0.2, 0.25) is 0 Å². The van der Waals surface area contributed by atoms with Crippen molar-refractivity contribution in [2.75, 3.05) is 23.3 Å². The summed E-state index contributed by atoms with van der Waals surface area (Å²) in [5.41, 5.74) is 1.35. The van der Waals surface area contributed by atoms with Gasteiger partial charge in [-0.1, -0.05) is 18.2 Å². The molecule has 4 N–H and O–H groups in total. The van der Waals surface area contributed by atoms with Crippen molar-refractivity contribution in [1.29, 1.82) is 0 Å². The van der Waals surface area contributed by atoms with E-state index in [1.807, 2.05) is 35.2 Å². The summed E-state index contributed by atoms with van der Waals surface area (Å²) in [7, 11) is 0. The molecule has 5 rings (SSSR count). The lowest BCUT2D eigenvalue weighted by Crippen LogP contribution is -2.37. The fourth-order valence-electron chi connectivity index (χ4n) is 3.64. The molecule has 8 heteroatoms. The Labute approximate surface area is 160 Å². The molecule has 0 saturated carbocycles. The molecule has 1 aliphatic heterocycles. The first-order chi connectivity index (χ1) is 13.7. The number of pyridine rings is 1. The van der Waals surface area contributed by atoms with Crippen LogP contribution in [0.1, 0.15) is 12.8 Å². The molecule has 0 aliphatic carbocycles. The molecule has 142 valence electrons. The number of hydrogen-bond acceptors (Lipinski definition) is 6. The molecular formula is C20H20N6O2. The number of benzene rings is 1. The molecule has 1 fully saturated rings. The number of nitrogens with one attached hydrogen (secondary N) is 3. The number of aliphatic hydroxyl groups excluding tert-OH is 1. The number of nitrogens with zero attached hydrogens (tertiary/aromatic N) is 3. The lowest BCUT2D eigenvalue weighted by molar-refractivity contribution is 0.145. The van der Waals surface area contributed by atoms with Crippen LogP contribution in [0.15, 0.2) is 47.4 Å². The Kier molecular flexibility index (Phi) is 3.98. The van der Waals surface area contributed by atoms with E-state index < -0.39 is 0 Å². The summed E-state index contributed by atoms with van der Waals surface area (Å²) >= 11 is 0. The third kappa shape index (κ3) is 2.97. The Balaban J connectivity index is 1.60. The minimum Gasteiger partial charge on any atom is -0.393 e. The van der Waals surface area contributed by atoms with Crippen molar-refractivity contribution in [2.24, 2.45) is 0 Å². The number of anilines is 3. The van der Waals surface area contributed by atoms with Gasteiger partial charge in [0.2, 0.25) is 5.95 Å². The standard InChI is InChI=1S/C20H20N6O2/c27-13-6-9-26(10-7-13)20-23-15-5-8-21-19(28)17(15)18(25-20)24-16-11-12-3-1-2-4-14(12)22-16/h1-5,8,11,13,22,27H,6-7,9-10H2,(H,21,28)(H,23,24,25). The number of aromatic nitrogens is 4. The molecule has 0 radical (unpaired) electrons. The van der Waals surface area contributed by atoms with Crippen molar-refractivity contribution >= 4 is 39.4 Å². The molecule has 1 aliphatic rings. The van der Waals surface area contributed by atoms with E-state index in [1.54, 1.807) is 12.3 Å². The summed E-state index contributed by atoms with van der Waals surface area (Å²) in [5.74, 6) is 1.77. The van der Waals surface area contributed by atoms with Crippen molar-refractivity contribution in [3.05, 3.63) is 52.9 Å². The molecule has 0 spiro atoms. The molecule has 0 atom stereocenters. The predicted octanol–water partition coefficient (Wildman–Crippen LogP) is 2.50. The lowest BCUT2D eigenvalue weighted by atomic mass is 10.1. The maximum atomic E-state index is 12.5. The highest BCUT2D eigenvalue weighted by Gasteiger charge is 2.21. The van der Waals surface area contributed by atoms with Crippen LogP contribution >= 0.6 is 0 Å². The van der Waals surface area contributed by atoms with Crippen LogP contribution in [0.25, 0.3) is 21.8 Å². The molecular weight excluding hydrogens is 356 g/mol. The van der Waals surface area contributed by atoms with Crippen LogP contribution in [0, 0.1) is 0 Å². The van der Waals surface area contributed by atoms with Gasteiger partial charge in [-0.2, -0.15) is 4.98 Å². The number of piperidine rings is 1. The second-order valence-corrected chi connectivity index (χ2v) is 7.05. The van der Waals surface area contributed by atoms with Gasteiger partial charge in [-0.25, -0.2) is 4.98 Å². The van der Waals surface area contributed by atoms with Crippen LogP contribution in [0.4, 0.5) is 17.6 Å². The Morgan fingerprint density at radius 2 is 1.96 bits per heavy atom. The summed E-state index contributed by atoms with van der Waals surface area (Å²) in [5, 5.41) is 14.5. The maximum Gasteiger partial charge on any atom is 0.261 e. The number of hydrogen-bond donors (Lipinski definition) is 4. The quantitative estimate of drug-likeness (QED) is 0.437. The topological polar surface area (TPSA) is 110 Å². The number of aromatic amines is 2. The lowest BCUT2D eigenvalue weighted by Gasteiger charge is -2.29. The molecule has 1 saturated heterocycles. The minimum absolute atomic E-state index is 0.239. The van der Waals surface area contributed by atoms with Crippen LogP contribution in [-0.4, -0.2) is 44.2 Å². The predicted molar refractivity (Wildman–Crippen MR) is 109 cm³/mol. The second-order valence-electron chi connectivity index (χ2n) is 7.05. The van der Waals surface area contributed by atoms with Gasteiger partial charge in [0.15, 0.2) is 5.82 Å². The summed E-state index contributed by atoms with van der Waals surface area (Å²) in [6, 6.07) is 11.7. The first kappa shape index (κ1) is 16.8. The largest absolute Gasteiger partial charge is 0.393 e. The number of para-hydroxylation sites is 1. The van der Waals surface area contributed by atoms with E-state index in [2.05, 4.69) is 25.3 Å². The van der Waals surface area contributed by atoms with Gasteiger partial charge in [0, 0.05) is 30.2 Å². The highest BCUT2D eigenvalue weighted by Crippen LogP contribution is 2.27. The summed E-state index contributed by atoms with van der Waals surface area (Å²) < 4.78 is 0. The van der Waals surface area contributed by atoms with Crippen molar-refractivity contribution in [1.82, 2.24) is 19.9 Å². The van der Waals surface area contributed by atoms with Gasteiger partial charge < -0.3 is 25.3 Å². The van der Waals surface area contributed by atoms with Gasteiger partial charge in [0.1, 0.15) is 11.2 Å². The van der Waals surface area contributed by atoms with Crippen molar-refractivity contribution in [3.8, 4) is 0 Å². The van der Waals surface area contributed by atoms with E-state index in [1.165, 1.54) is 0 Å². The van der Waals surface area contributed by atoms with Gasteiger partial charge in [-0.3, -0.25) is 4.79 Å². The zero-order valence-electron chi connectivity index (χ0n) is 15.1. The maximum absolute atomic E-state index is 12.5. The first-order valence-corrected chi connectivity index (χ1v) is 9.34. The van der Waals surface area contributed by atoms with Gasteiger partial charge in [-0.15, -0.1) is 0 Å². The fraction of sp³-hybridized carbons (Fsp3) is 0.250. The van der Waals surface area contributed by atoms with Crippen LogP contribution in [-0.2, 0) is 0 Å². The number of H-pyrrole nitrogens is 2. The third-order valence-electron chi connectivity index (χ3n) is 5.14. The normalized spacial score (nSPS) is 15.4. The highest BCUT2D eigenvalue weighted by atomic mass is 16.3. The van der Waals surface area contributed by atoms with Crippen LogP contribution in [0.3, 0.4) is 0 Å². The monoisotopic (exact) mass is 376 g/mol. The van der Waals surface area contributed by atoms with Gasteiger partial charge in [0.25, 0.3) is 5.56 Å². The van der Waals surface area contributed by atoms with E-state index in [9.17, 15) is 9.90 Å². The second kappa shape index (κ2) is 6.65. The van der Waals surface area contributed by atoms with E-state index in [-0.39, 0.29) is 11.7 Å². The van der Waals surface area contributed by atoms with Crippen LogP contribution in [0.5, 0.6) is 0 Å². The van der Waals surface area contributed by atoms with E-state index >= 15 is 0 Å². The average molecular weight is 376 g/mol. The molecule has 3 aromatic heterocycles. The molecule has 0 amide bonds. The summed E-state index contributed by atoms with van der Waals surface area (Å²) in [6.45, 7) is 1.36. The highest BCUT2D eigenvalue weighted by molar-refractivity contribution is 5.92. The fourth-order valence-corrected chi connectivity index (χ4v) is 3.64. The third-order valence-corrected chi connectivity index (χ3v) is 5.14.